The number of rotatable bonds is 3. The van der Waals surface area contributed by atoms with Gasteiger partial charge in [-0.05, 0) is 26.0 Å². The molecule has 1 saturated heterocycles. The average molecular weight is 284 g/mol. The van der Waals surface area contributed by atoms with Crippen LogP contribution in [-0.2, 0) is 0 Å². The Labute approximate surface area is 115 Å². The topological polar surface area (TPSA) is 84.3 Å². The van der Waals surface area contributed by atoms with E-state index in [9.17, 15) is 14.9 Å². The van der Waals surface area contributed by atoms with Crippen molar-refractivity contribution in [1.82, 2.24) is 10.6 Å². The normalized spacial score (nSPS) is 22.2. The van der Waals surface area contributed by atoms with Gasteiger partial charge in [-0.2, -0.15) is 0 Å². The van der Waals surface area contributed by atoms with Crippen molar-refractivity contribution in [3.05, 3.63) is 38.9 Å². The van der Waals surface area contributed by atoms with Gasteiger partial charge in [-0.15, -0.1) is 0 Å². The van der Waals surface area contributed by atoms with Crippen molar-refractivity contribution in [3.63, 3.8) is 0 Å². The molecule has 102 valence electrons. The second kappa shape index (κ2) is 5.14. The quantitative estimate of drug-likeness (QED) is 0.653. The number of halogens is 1. The molecule has 0 bridgehead atoms. The number of carbonyl (C=O) groups is 1. The third-order valence-corrected chi connectivity index (χ3v) is 3.51. The van der Waals surface area contributed by atoms with Gasteiger partial charge in [0.25, 0.3) is 11.6 Å². The molecule has 0 radical (unpaired) electrons. The number of nitro benzene ring substituents is 1. The van der Waals surface area contributed by atoms with Gasteiger partial charge in [0.2, 0.25) is 0 Å². The number of carbonyl (C=O) groups excluding carboxylic acids is 1. The SMILES string of the molecule is CC1(NC(=O)c2c(Cl)cccc2[N+](=O)[O-])CCNC1. The van der Waals surface area contributed by atoms with Crippen molar-refractivity contribution >= 4 is 23.2 Å². The summed E-state index contributed by atoms with van der Waals surface area (Å²) in [7, 11) is 0. The molecule has 1 amide bonds. The minimum absolute atomic E-state index is 0.0812. The van der Waals surface area contributed by atoms with Crippen LogP contribution >= 0.6 is 11.6 Å². The summed E-state index contributed by atoms with van der Waals surface area (Å²) >= 11 is 5.92. The molecule has 1 aromatic carbocycles. The Hall–Kier alpha value is -1.66. The van der Waals surface area contributed by atoms with E-state index < -0.39 is 16.4 Å². The number of amides is 1. The van der Waals surface area contributed by atoms with Crippen LogP contribution in [0.1, 0.15) is 23.7 Å². The van der Waals surface area contributed by atoms with Crippen molar-refractivity contribution < 1.29 is 9.72 Å². The molecule has 0 aliphatic carbocycles. The molecule has 6 nitrogen and oxygen atoms in total. The molecule has 0 spiro atoms. The van der Waals surface area contributed by atoms with Crippen molar-refractivity contribution in [2.75, 3.05) is 13.1 Å². The van der Waals surface area contributed by atoms with Crippen molar-refractivity contribution in [3.8, 4) is 0 Å². The van der Waals surface area contributed by atoms with E-state index in [1.807, 2.05) is 6.92 Å². The number of hydrogen-bond acceptors (Lipinski definition) is 4. The van der Waals surface area contributed by atoms with Gasteiger partial charge in [0.15, 0.2) is 0 Å². The summed E-state index contributed by atoms with van der Waals surface area (Å²) in [5, 5.41) is 17.0. The minimum atomic E-state index is -0.601. The maximum Gasteiger partial charge on any atom is 0.283 e. The van der Waals surface area contributed by atoms with Crippen molar-refractivity contribution in [2.24, 2.45) is 0 Å². The fourth-order valence-electron chi connectivity index (χ4n) is 2.15. The van der Waals surface area contributed by atoms with E-state index in [2.05, 4.69) is 10.6 Å². The summed E-state index contributed by atoms with van der Waals surface area (Å²) < 4.78 is 0. The molecule has 1 heterocycles. The van der Waals surface area contributed by atoms with Crippen LogP contribution in [0, 0.1) is 10.1 Å². The molecule has 0 saturated carbocycles. The zero-order valence-electron chi connectivity index (χ0n) is 10.4. The van der Waals surface area contributed by atoms with E-state index in [1.165, 1.54) is 18.2 Å². The number of nitrogens with one attached hydrogen (secondary N) is 2. The largest absolute Gasteiger partial charge is 0.345 e. The summed E-state index contributed by atoms with van der Waals surface area (Å²) in [6, 6.07) is 4.20. The van der Waals surface area contributed by atoms with Crippen molar-refractivity contribution in [2.45, 2.75) is 18.9 Å². The molecule has 1 unspecified atom stereocenters. The molecule has 1 aliphatic rings. The zero-order valence-corrected chi connectivity index (χ0v) is 11.2. The molecule has 1 aromatic rings. The first-order valence-electron chi connectivity index (χ1n) is 5.89. The molecular weight excluding hydrogens is 270 g/mol. The van der Waals surface area contributed by atoms with Gasteiger partial charge in [-0.1, -0.05) is 17.7 Å². The van der Waals surface area contributed by atoms with Crippen LogP contribution in [0.5, 0.6) is 0 Å². The Kier molecular flexibility index (Phi) is 3.73. The highest BCUT2D eigenvalue weighted by atomic mass is 35.5. The zero-order chi connectivity index (χ0) is 14.0. The van der Waals surface area contributed by atoms with Crippen LogP contribution in [0.4, 0.5) is 5.69 Å². The molecule has 2 rings (SSSR count). The maximum atomic E-state index is 12.2. The maximum absolute atomic E-state index is 12.2. The number of benzene rings is 1. The Morgan fingerprint density at radius 3 is 2.89 bits per heavy atom. The molecule has 0 aromatic heterocycles. The highest BCUT2D eigenvalue weighted by Crippen LogP contribution is 2.27. The van der Waals surface area contributed by atoms with Crippen LogP contribution < -0.4 is 10.6 Å². The lowest BCUT2D eigenvalue weighted by atomic mass is 10.0. The Morgan fingerprint density at radius 2 is 2.32 bits per heavy atom. The van der Waals surface area contributed by atoms with Gasteiger partial charge >= 0.3 is 0 Å². The van der Waals surface area contributed by atoms with E-state index in [4.69, 9.17) is 11.6 Å². The highest BCUT2D eigenvalue weighted by molar-refractivity contribution is 6.34. The van der Waals surface area contributed by atoms with Gasteiger partial charge < -0.3 is 10.6 Å². The number of nitrogens with zero attached hydrogens (tertiary/aromatic N) is 1. The number of nitro groups is 1. The second-order valence-electron chi connectivity index (χ2n) is 4.83. The fourth-order valence-corrected chi connectivity index (χ4v) is 2.41. The predicted molar refractivity (Wildman–Crippen MR) is 71.5 cm³/mol. The average Bonchev–Trinajstić information content (AvgIpc) is 2.74. The van der Waals surface area contributed by atoms with Gasteiger partial charge in [0, 0.05) is 12.6 Å². The molecule has 2 N–H and O–H groups in total. The van der Waals surface area contributed by atoms with Crippen LogP contribution in [0.3, 0.4) is 0 Å². The van der Waals surface area contributed by atoms with Crippen LogP contribution in [-0.4, -0.2) is 29.5 Å². The lowest BCUT2D eigenvalue weighted by Crippen LogP contribution is -2.47. The lowest BCUT2D eigenvalue weighted by Gasteiger charge is -2.24. The van der Waals surface area contributed by atoms with E-state index in [0.29, 0.717) is 6.54 Å². The van der Waals surface area contributed by atoms with Crippen LogP contribution in [0.2, 0.25) is 5.02 Å². The molecule has 1 fully saturated rings. The molecule has 7 heteroatoms. The monoisotopic (exact) mass is 283 g/mol. The van der Waals surface area contributed by atoms with Crippen LogP contribution in [0.15, 0.2) is 18.2 Å². The smallest absolute Gasteiger partial charge is 0.283 e. The van der Waals surface area contributed by atoms with Gasteiger partial charge in [-0.25, -0.2) is 0 Å². The summed E-state index contributed by atoms with van der Waals surface area (Å²) in [5.74, 6) is -0.511. The summed E-state index contributed by atoms with van der Waals surface area (Å²) in [5.41, 5.74) is -0.758. The highest BCUT2D eigenvalue weighted by Gasteiger charge is 2.33. The minimum Gasteiger partial charge on any atom is -0.345 e. The summed E-state index contributed by atoms with van der Waals surface area (Å²) in [6.45, 7) is 3.34. The third-order valence-electron chi connectivity index (χ3n) is 3.20. The standard InChI is InChI=1S/C12H14ClN3O3/c1-12(5-6-14-7-12)15-11(17)10-8(13)3-2-4-9(10)16(18)19/h2-4,14H,5-7H2,1H3,(H,15,17). The van der Waals surface area contributed by atoms with E-state index >= 15 is 0 Å². The molecular formula is C12H14ClN3O3. The summed E-state index contributed by atoms with van der Waals surface area (Å²) in [6.07, 6.45) is 0.775. The first kappa shape index (κ1) is 13.8. The van der Waals surface area contributed by atoms with Gasteiger partial charge in [0.05, 0.1) is 15.5 Å². The molecule has 1 aliphatic heterocycles. The second-order valence-corrected chi connectivity index (χ2v) is 5.24. The summed E-state index contributed by atoms with van der Waals surface area (Å²) in [4.78, 5) is 22.6. The Morgan fingerprint density at radius 1 is 1.58 bits per heavy atom. The first-order chi connectivity index (χ1) is 8.93. The van der Waals surface area contributed by atoms with Crippen molar-refractivity contribution in [1.29, 1.82) is 0 Å². The van der Waals surface area contributed by atoms with Crippen LogP contribution in [0.25, 0.3) is 0 Å². The fraction of sp³-hybridized carbons (Fsp3) is 0.417. The number of hydrogen-bond donors (Lipinski definition) is 2. The van der Waals surface area contributed by atoms with Gasteiger partial charge in [-0.3, -0.25) is 14.9 Å². The van der Waals surface area contributed by atoms with E-state index in [-0.39, 0.29) is 16.3 Å². The Bertz CT molecular complexity index is 527. The molecule has 19 heavy (non-hydrogen) atoms. The lowest BCUT2D eigenvalue weighted by molar-refractivity contribution is -0.385. The van der Waals surface area contributed by atoms with E-state index in [1.54, 1.807) is 0 Å². The molecule has 1 atom stereocenters. The van der Waals surface area contributed by atoms with Gasteiger partial charge in [0.1, 0.15) is 5.56 Å². The Balaban J connectivity index is 2.31. The van der Waals surface area contributed by atoms with E-state index in [0.717, 1.165) is 13.0 Å². The predicted octanol–water partition coefficient (Wildman–Crippen LogP) is 1.73. The first-order valence-corrected chi connectivity index (χ1v) is 6.27. The third kappa shape index (κ3) is 2.85.